The molecule has 4 heterocycles. The van der Waals surface area contributed by atoms with Crippen LogP contribution in [0.15, 0.2) is 41.3 Å². The molecule has 0 aliphatic carbocycles. The maximum atomic E-state index is 12.8. The Balaban J connectivity index is 1.59. The van der Waals surface area contributed by atoms with Crippen molar-refractivity contribution in [1.82, 2.24) is 14.8 Å². The monoisotopic (exact) mass is 367 g/mol. The van der Waals surface area contributed by atoms with E-state index in [1.165, 1.54) is 10.6 Å². The number of carbonyl (C=O) groups is 1. The molecule has 0 spiro atoms. The molecule has 3 fully saturated rings. The number of aryl methyl sites for hydroxylation is 1. The summed E-state index contributed by atoms with van der Waals surface area (Å²) in [4.78, 5) is 27.6. The zero-order chi connectivity index (χ0) is 19.0. The largest absolute Gasteiger partial charge is 0.497 e. The van der Waals surface area contributed by atoms with Gasteiger partial charge in [-0.25, -0.2) is 0 Å². The van der Waals surface area contributed by atoms with E-state index in [1.54, 1.807) is 19.4 Å². The van der Waals surface area contributed by atoms with E-state index >= 15 is 0 Å². The van der Waals surface area contributed by atoms with Crippen molar-refractivity contribution in [2.45, 2.75) is 25.8 Å². The third kappa shape index (κ3) is 3.49. The Labute approximate surface area is 158 Å². The Morgan fingerprint density at radius 2 is 1.96 bits per heavy atom. The number of benzene rings is 1. The SMILES string of the molecule is COc1ccc(-n2cc(C(=O)NC3CN4CCC3CC4)ccc2=O)c(C)c1. The smallest absolute Gasteiger partial charge is 0.255 e. The summed E-state index contributed by atoms with van der Waals surface area (Å²) in [7, 11) is 1.61. The lowest BCUT2D eigenvalue weighted by molar-refractivity contribution is 0.0620. The van der Waals surface area contributed by atoms with E-state index in [4.69, 9.17) is 4.74 Å². The van der Waals surface area contributed by atoms with Crippen LogP contribution in [-0.4, -0.2) is 48.2 Å². The van der Waals surface area contributed by atoms with Crippen molar-refractivity contribution in [2.24, 2.45) is 5.92 Å². The minimum atomic E-state index is -0.164. The highest BCUT2D eigenvalue weighted by atomic mass is 16.5. The van der Waals surface area contributed by atoms with Crippen LogP contribution in [0.5, 0.6) is 5.75 Å². The van der Waals surface area contributed by atoms with Crippen LogP contribution in [0.3, 0.4) is 0 Å². The molecule has 27 heavy (non-hydrogen) atoms. The third-order valence-corrected chi connectivity index (χ3v) is 5.81. The van der Waals surface area contributed by atoms with Crippen molar-refractivity contribution in [3.8, 4) is 11.4 Å². The van der Waals surface area contributed by atoms with Gasteiger partial charge in [0.25, 0.3) is 11.5 Å². The first-order valence-corrected chi connectivity index (χ1v) is 9.46. The fourth-order valence-corrected chi connectivity index (χ4v) is 4.22. The number of nitrogens with one attached hydrogen (secondary N) is 1. The standard InChI is InChI=1S/C21H25N3O3/c1-14-11-17(27-2)4-5-19(14)24-12-16(3-6-20(24)25)21(26)22-18-13-23-9-7-15(18)8-10-23/h3-6,11-12,15,18H,7-10,13H2,1-2H3,(H,22,26). The quantitative estimate of drug-likeness (QED) is 0.898. The van der Waals surface area contributed by atoms with Gasteiger partial charge in [0.05, 0.1) is 18.4 Å². The molecule has 1 unspecified atom stereocenters. The summed E-state index contributed by atoms with van der Waals surface area (Å²) in [5, 5.41) is 3.18. The van der Waals surface area contributed by atoms with Crippen LogP contribution < -0.4 is 15.6 Å². The number of hydrogen-bond donors (Lipinski definition) is 1. The molecule has 6 nitrogen and oxygen atoms in total. The maximum Gasteiger partial charge on any atom is 0.255 e. The highest BCUT2D eigenvalue weighted by Gasteiger charge is 2.35. The number of hydrogen-bond acceptors (Lipinski definition) is 4. The first kappa shape index (κ1) is 17.8. The molecule has 142 valence electrons. The van der Waals surface area contributed by atoms with Crippen LogP contribution in [0.4, 0.5) is 0 Å². The lowest BCUT2D eigenvalue weighted by Gasteiger charge is -2.44. The van der Waals surface area contributed by atoms with Gasteiger partial charge in [-0.2, -0.15) is 0 Å². The number of pyridine rings is 1. The summed E-state index contributed by atoms with van der Waals surface area (Å²) in [6, 6.07) is 8.79. The number of rotatable bonds is 4. The first-order valence-electron chi connectivity index (χ1n) is 9.46. The molecular weight excluding hydrogens is 342 g/mol. The molecule has 3 aliphatic rings. The molecule has 1 N–H and O–H groups in total. The fourth-order valence-electron chi connectivity index (χ4n) is 4.22. The van der Waals surface area contributed by atoms with E-state index in [2.05, 4.69) is 10.2 Å². The third-order valence-electron chi connectivity index (χ3n) is 5.81. The van der Waals surface area contributed by atoms with Crippen molar-refractivity contribution < 1.29 is 9.53 Å². The van der Waals surface area contributed by atoms with Gasteiger partial charge in [-0.05, 0) is 68.6 Å². The van der Waals surface area contributed by atoms with Gasteiger partial charge in [0.2, 0.25) is 0 Å². The molecule has 1 aromatic heterocycles. The topological polar surface area (TPSA) is 63.6 Å². The zero-order valence-corrected chi connectivity index (χ0v) is 15.8. The Bertz CT molecular complexity index is 913. The maximum absolute atomic E-state index is 12.8. The average Bonchev–Trinajstić information content (AvgIpc) is 2.69. The minimum absolute atomic E-state index is 0.117. The van der Waals surface area contributed by atoms with Crippen LogP contribution in [0, 0.1) is 12.8 Å². The number of fused-ring (bicyclic) bond motifs is 3. The first-order chi connectivity index (χ1) is 13.0. The van der Waals surface area contributed by atoms with Gasteiger partial charge in [0.15, 0.2) is 0 Å². The van der Waals surface area contributed by atoms with Crippen LogP contribution in [0.1, 0.15) is 28.8 Å². The summed E-state index contributed by atoms with van der Waals surface area (Å²) in [6.07, 6.45) is 3.93. The minimum Gasteiger partial charge on any atom is -0.497 e. The van der Waals surface area contributed by atoms with Crippen molar-refractivity contribution in [3.05, 3.63) is 58.0 Å². The molecule has 0 saturated carbocycles. The van der Waals surface area contributed by atoms with E-state index in [-0.39, 0.29) is 17.5 Å². The predicted octanol–water partition coefficient (Wildman–Crippen LogP) is 1.98. The van der Waals surface area contributed by atoms with Crippen LogP contribution in [-0.2, 0) is 0 Å². The second-order valence-corrected chi connectivity index (χ2v) is 7.50. The van der Waals surface area contributed by atoms with Crippen molar-refractivity contribution in [1.29, 1.82) is 0 Å². The molecule has 1 aromatic carbocycles. The average molecular weight is 367 g/mol. The molecule has 2 bridgehead atoms. The summed E-state index contributed by atoms with van der Waals surface area (Å²) in [5.74, 6) is 1.18. The fraction of sp³-hybridized carbons (Fsp3) is 0.429. The number of carbonyl (C=O) groups excluding carboxylic acids is 1. The van der Waals surface area contributed by atoms with E-state index in [0.717, 1.165) is 49.5 Å². The van der Waals surface area contributed by atoms with Crippen molar-refractivity contribution >= 4 is 5.91 Å². The Morgan fingerprint density at radius 1 is 1.19 bits per heavy atom. The number of piperidine rings is 3. The van der Waals surface area contributed by atoms with Crippen molar-refractivity contribution in [2.75, 3.05) is 26.7 Å². The van der Waals surface area contributed by atoms with Crippen LogP contribution >= 0.6 is 0 Å². The number of ether oxygens (including phenoxy) is 1. The lowest BCUT2D eigenvalue weighted by Crippen LogP contribution is -2.57. The Morgan fingerprint density at radius 3 is 2.59 bits per heavy atom. The molecule has 3 aliphatic heterocycles. The van der Waals surface area contributed by atoms with Gasteiger partial charge in [-0.1, -0.05) is 0 Å². The normalized spacial score (nSPS) is 23.9. The summed E-state index contributed by atoms with van der Waals surface area (Å²) in [6.45, 7) is 5.12. The summed E-state index contributed by atoms with van der Waals surface area (Å²) < 4.78 is 6.76. The van der Waals surface area contributed by atoms with Gasteiger partial charge in [0.1, 0.15) is 5.75 Å². The zero-order valence-electron chi connectivity index (χ0n) is 15.8. The second-order valence-electron chi connectivity index (χ2n) is 7.50. The number of amides is 1. The molecule has 3 saturated heterocycles. The number of methoxy groups -OCH3 is 1. The van der Waals surface area contributed by atoms with Gasteiger partial charge in [-0.3, -0.25) is 14.2 Å². The molecule has 6 heteroatoms. The van der Waals surface area contributed by atoms with Gasteiger partial charge in [-0.15, -0.1) is 0 Å². The Kier molecular flexibility index (Phi) is 4.74. The number of aromatic nitrogens is 1. The summed E-state index contributed by atoms with van der Waals surface area (Å²) in [5.41, 5.74) is 1.99. The van der Waals surface area contributed by atoms with Gasteiger partial charge >= 0.3 is 0 Å². The predicted molar refractivity (Wildman–Crippen MR) is 104 cm³/mol. The summed E-state index contributed by atoms with van der Waals surface area (Å²) >= 11 is 0. The molecule has 0 radical (unpaired) electrons. The van der Waals surface area contributed by atoms with E-state index in [1.807, 2.05) is 25.1 Å². The van der Waals surface area contributed by atoms with E-state index in [0.29, 0.717) is 11.5 Å². The Hall–Kier alpha value is -2.60. The molecule has 2 aromatic rings. The van der Waals surface area contributed by atoms with Crippen molar-refractivity contribution in [3.63, 3.8) is 0 Å². The highest BCUT2D eigenvalue weighted by Crippen LogP contribution is 2.27. The molecular formula is C21H25N3O3. The molecule has 1 atom stereocenters. The highest BCUT2D eigenvalue weighted by molar-refractivity contribution is 5.94. The second kappa shape index (κ2) is 7.19. The molecule has 5 rings (SSSR count). The van der Waals surface area contributed by atoms with Gasteiger partial charge in [0, 0.05) is 24.8 Å². The number of nitrogens with zero attached hydrogens (tertiary/aromatic N) is 2. The molecule has 1 amide bonds. The van der Waals surface area contributed by atoms with E-state index in [9.17, 15) is 9.59 Å². The van der Waals surface area contributed by atoms with Crippen LogP contribution in [0.25, 0.3) is 5.69 Å². The lowest BCUT2D eigenvalue weighted by atomic mass is 9.84. The van der Waals surface area contributed by atoms with E-state index < -0.39 is 0 Å². The van der Waals surface area contributed by atoms with Crippen LogP contribution in [0.2, 0.25) is 0 Å². The van der Waals surface area contributed by atoms with Gasteiger partial charge < -0.3 is 15.0 Å².